The van der Waals surface area contributed by atoms with Crippen molar-refractivity contribution in [3.63, 3.8) is 0 Å². The summed E-state index contributed by atoms with van der Waals surface area (Å²) in [4.78, 5) is 48.6. The van der Waals surface area contributed by atoms with Crippen molar-refractivity contribution in [2.24, 2.45) is 0 Å². The van der Waals surface area contributed by atoms with E-state index in [2.05, 4.69) is 13.2 Å². The van der Waals surface area contributed by atoms with Crippen LogP contribution >= 0.6 is 0 Å². The third-order valence-electron chi connectivity index (χ3n) is 5.88. The van der Waals surface area contributed by atoms with Crippen molar-refractivity contribution < 1.29 is 47.6 Å². The normalized spacial score (nSPS) is 10.7. The molecule has 0 bridgehead atoms. The van der Waals surface area contributed by atoms with Crippen molar-refractivity contribution in [3.8, 4) is 23.0 Å². The number of benzene rings is 3. The van der Waals surface area contributed by atoms with Crippen LogP contribution in [0.3, 0.4) is 0 Å². The molecule has 0 spiro atoms. The van der Waals surface area contributed by atoms with Gasteiger partial charge in [0, 0.05) is 16.7 Å². The van der Waals surface area contributed by atoms with Crippen molar-refractivity contribution in [1.82, 2.24) is 0 Å². The molecule has 0 aliphatic rings. The monoisotopic (exact) mass is 602 g/mol. The smallest absolute Gasteiger partial charge is 0.343 e. The van der Waals surface area contributed by atoms with Crippen molar-refractivity contribution in [2.45, 2.75) is 40.0 Å². The highest BCUT2D eigenvalue weighted by atomic mass is 16.7. The zero-order valence-corrected chi connectivity index (χ0v) is 25.3. The molecule has 3 aromatic rings. The molecule has 0 aliphatic carbocycles. The Labute approximate surface area is 255 Å². The fourth-order valence-corrected chi connectivity index (χ4v) is 3.50. The van der Waals surface area contributed by atoms with E-state index < -0.39 is 29.3 Å². The van der Waals surface area contributed by atoms with Crippen LogP contribution in [0, 0.1) is 0 Å². The molecule has 0 fully saturated rings. The summed E-state index contributed by atoms with van der Waals surface area (Å²) in [6.45, 7) is 15.3. The highest BCUT2D eigenvalue weighted by Crippen LogP contribution is 2.35. The minimum atomic E-state index is -0.605. The van der Waals surface area contributed by atoms with Gasteiger partial charge >= 0.3 is 23.9 Å². The van der Waals surface area contributed by atoms with E-state index in [1.165, 1.54) is 44.2 Å². The van der Waals surface area contributed by atoms with E-state index in [0.29, 0.717) is 22.8 Å². The van der Waals surface area contributed by atoms with Crippen LogP contribution in [0.25, 0.3) is 0 Å². The fraction of sp³-hybridized carbons (Fsp3) is 0.235. The molecule has 0 saturated heterocycles. The van der Waals surface area contributed by atoms with Crippen LogP contribution in [0.4, 0.5) is 0 Å². The first-order valence-electron chi connectivity index (χ1n) is 13.4. The molecule has 0 radical (unpaired) electrons. The molecular formula is C34H34O10. The van der Waals surface area contributed by atoms with Gasteiger partial charge in [0.05, 0.1) is 11.1 Å². The van der Waals surface area contributed by atoms with Gasteiger partial charge in [0.15, 0.2) is 0 Å². The lowest BCUT2D eigenvalue weighted by atomic mass is 9.86. The van der Waals surface area contributed by atoms with Crippen LogP contribution < -0.4 is 18.9 Å². The number of rotatable bonds is 12. The second-order valence-electron chi connectivity index (χ2n) is 10.7. The largest absolute Gasteiger partial charge is 0.457 e. The SMILES string of the molecule is C=C(C)C(=O)OCOc1ccc(C(=O)Oc2ccc(OC(=O)c3ccc(OCOC(=O)C(=C)C)cc3)c(C(C)(C)C)c2)cc1. The van der Waals surface area contributed by atoms with Crippen LogP contribution in [0.15, 0.2) is 91.0 Å². The Morgan fingerprint density at radius 1 is 0.614 bits per heavy atom. The van der Waals surface area contributed by atoms with E-state index in [1.807, 2.05) is 20.8 Å². The molecule has 0 amide bonds. The standard InChI is InChI=1S/C34H34O10/c1-21(2)30(35)41-19-39-25-12-8-23(9-13-25)32(37)43-27-16-17-29(28(18-27)34(5,6)7)44-33(38)24-10-14-26(15-11-24)40-20-42-31(36)22(3)4/h8-18H,1,3,19-20H2,2,4-7H3. The summed E-state index contributed by atoms with van der Waals surface area (Å²) in [6.07, 6.45) is 0. The average molecular weight is 603 g/mol. The van der Waals surface area contributed by atoms with Crippen LogP contribution in [0.5, 0.6) is 23.0 Å². The van der Waals surface area contributed by atoms with E-state index in [4.69, 9.17) is 28.4 Å². The van der Waals surface area contributed by atoms with Gasteiger partial charge in [-0.15, -0.1) is 0 Å². The zero-order valence-electron chi connectivity index (χ0n) is 25.3. The van der Waals surface area contributed by atoms with Gasteiger partial charge in [0.1, 0.15) is 23.0 Å². The Hall–Kier alpha value is -5.38. The predicted octanol–water partition coefficient (Wildman–Crippen LogP) is 6.33. The molecule has 44 heavy (non-hydrogen) atoms. The lowest BCUT2D eigenvalue weighted by Crippen LogP contribution is -2.17. The molecule has 3 aromatic carbocycles. The van der Waals surface area contributed by atoms with E-state index in [0.717, 1.165) is 0 Å². The Morgan fingerprint density at radius 3 is 1.43 bits per heavy atom. The van der Waals surface area contributed by atoms with Gasteiger partial charge in [-0.25, -0.2) is 19.2 Å². The van der Waals surface area contributed by atoms with Crippen molar-refractivity contribution >= 4 is 23.9 Å². The summed E-state index contributed by atoms with van der Waals surface area (Å²) in [6, 6.07) is 17.0. The van der Waals surface area contributed by atoms with Crippen molar-refractivity contribution in [2.75, 3.05) is 13.6 Å². The topological polar surface area (TPSA) is 124 Å². The minimum Gasteiger partial charge on any atom is -0.457 e. The Balaban J connectivity index is 1.63. The van der Waals surface area contributed by atoms with E-state index >= 15 is 0 Å². The number of hydrogen-bond donors (Lipinski definition) is 0. The van der Waals surface area contributed by atoms with Crippen molar-refractivity contribution in [1.29, 1.82) is 0 Å². The summed E-state index contributed by atoms with van der Waals surface area (Å²) in [5, 5.41) is 0. The van der Waals surface area contributed by atoms with E-state index in [-0.39, 0.29) is 41.6 Å². The van der Waals surface area contributed by atoms with Crippen LogP contribution in [0.2, 0.25) is 0 Å². The van der Waals surface area contributed by atoms with E-state index in [9.17, 15) is 19.2 Å². The average Bonchev–Trinajstić information content (AvgIpc) is 2.97. The molecule has 3 rings (SSSR count). The highest BCUT2D eigenvalue weighted by Gasteiger charge is 2.23. The molecule has 0 unspecified atom stereocenters. The van der Waals surface area contributed by atoms with Gasteiger partial charge in [-0.1, -0.05) is 33.9 Å². The molecular weight excluding hydrogens is 568 g/mol. The van der Waals surface area contributed by atoms with Gasteiger partial charge in [0.25, 0.3) is 0 Å². The minimum absolute atomic E-state index is 0.256. The quantitative estimate of drug-likeness (QED) is 0.100. The maximum absolute atomic E-state index is 12.9. The fourth-order valence-electron chi connectivity index (χ4n) is 3.50. The number of ether oxygens (including phenoxy) is 6. The lowest BCUT2D eigenvalue weighted by molar-refractivity contribution is -0.146. The first-order chi connectivity index (χ1) is 20.7. The molecule has 0 aliphatic heterocycles. The molecule has 0 saturated carbocycles. The van der Waals surface area contributed by atoms with Crippen molar-refractivity contribution in [3.05, 3.63) is 108 Å². The van der Waals surface area contributed by atoms with Gasteiger partial charge < -0.3 is 28.4 Å². The van der Waals surface area contributed by atoms with Gasteiger partial charge in [0.2, 0.25) is 13.6 Å². The van der Waals surface area contributed by atoms with Crippen LogP contribution in [-0.2, 0) is 24.5 Å². The molecule has 0 heterocycles. The maximum Gasteiger partial charge on any atom is 0.343 e. The van der Waals surface area contributed by atoms with Gasteiger partial charge in [-0.3, -0.25) is 0 Å². The van der Waals surface area contributed by atoms with Gasteiger partial charge in [-0.2, -0.15) is 0 Å². The van der Waals surface area contributed by atoms with Gasteiger partial charge in [-0.05, 0) is 86.0 Å². The second-order valence-corrected chi connectivity index (χ2v) is 10.7. The molecule has 0 N–H and O–H groups in total. The predicted molar refractivity (Wildman–Crippen MR) is 161 cm³/mol. The summed E-state index contributed by atoms with van der Waals surface area (Å²) in [7, 11) is 0. The third kappa shape index (κ3) is 9.59. The number of carbonyl (C=O) groups is 4. The molecule has 10 nitrogen and oxygen atoms in total. The molecule has 10 heteroatoms. The number of esters is 4. The van der Waals surface area contributed by atoms with E-state index in [1.54, 1.807) is 36.4 Å². The van der Waals surface area contributed by atoms with Crippen LogP contribution in [0.1, 0.15) is 60.9 Å². The first-order valence-corrected chi connectivity index (χ1v) is 13.4. The summed E-state index contributed by atoms with van der Waals surface area (Å²) in [5.41, 5.74) is 1.23. The number of hydrogen-bond acceptors (Lipinski definition) is 10. The molecule has 0 atom stereocenters. The molecule has 0 aromatic heterocycles. The third-order valence-corrected chi connectivity index (χ3v) is 5.88. The van der Waals surface area contributed by atoms with Crippen LogP contribution in [-0.4, -0.2) is 37.5 Å². The summed E-state index contributed by atoms with van der Waals surface area (Å²) in [5.74, 6) is -0.983. The zero-order chi connectivity index (χ0) is 32.4. The maximum atomic E-state index is 12.9. The Kier molecular flexibility index (Phi) is 11.1. The highest BCUT2D eigenvalue weighted by molar-refractivity contribution is 5.92. The Bertz CT molecular complexity index is 1540. The lowest BCUT2D eigenvalue weighted by Gasteiger charge is -2.23. The first kappa shape index (κ1) is 33.1. The Morgan fingerprint density at radius 2 is 1.02 bits per heavy atom. The summed E-state index contributed by atoms with van der Waals surface area (Å²) < 4.78 is 31.8. The number of carbonyl (C=O) groups excluding carboxylic acids is 4. The summed E-state index contributed by atoms with van der Waals surface area (Å²) >= 11 is 0. The second kappa shape index (κ2) is 14.7. The molecule has 230 valence electrons.